The van der Waals surface area contributed by atoms with Crippen LogP contribution in [0.3, 0.4) is 0 Å². The van der Waals surface area contributed by atoms with Crippen molar-refractivity contribution in [2.75, 3.05) is 6.54 Å². The van der Waals surface area contributed by atoms with Crippen molar-refractivity contribution >= 4 is 5.82 Å². The normalized spacial score (nSPS) is 19.4. The van der Waals surface area contributed by atoms with Crippen molar-refractivity contribution in [3.63, 3.8) is 0 Å². The highest BCUT2D eigenvalue weighted by Crippen LogP contribution is 2.29. The molecular formula is C10H12N2O2. The van der Waals surface area contributed by atoms with Crippen molar-refractivity contribution in [1.82, 2.24) is 9.88 Å². The lowest BCUT2D eigenvalue weighted by Gasteiger charge is -2.28. The van der Waals surface area contributed by atoms with Gasteiger partial charge in [0.25, 0.3) is 0 Å². The molecule has 0 atom stereocenters. The minimum atomic E-state index is 0.296. The van der Waals surface area contributed by atoms with E-state index in [2.05, 4.69) is 5.32 Å². The van der Waals surface area contributed by atoms with Gasteiger partial charge in [0.1, 0.15) is 23.9 Å². The predicted molar refractivity (Wildman–Crippen MR) is 51.3 cm³/mol. The van der Waals surface area contributed by atoms with E-state index < -0.39 is 0 Å². The molecule has 2 aliphatic rings. The highest BCUT2D eigenvalue weighted by atomic mass is 16.5. The molecule has 0 aromatic carbocycles. The van der Waals surface area contributed by atoms with Crippen LogP contribution >= 0.6 is 0 Å². The van der Waals surface area contributed by atoms with Gasteiger partial charge in [-0.25, -0.2) is 0 Å². The van der Waals surface area contributed by atoms with Crippen molar-refractivity contribution in [2.45, 2.75) is 19.4 Å². The van der Waals surface area contributed by atoms with E-state index in [1.54, 1.807) is 12.3 Å². The van der Waals surface area contributed by atoms with Gasteiger partial charge >= 0.3 is 0 Å². The lowest BCUT2D eigenvalue weighted by atomic mass is 10.2. The summed E-state index contributed by atoms with van der Waals surface area (Å²) in [5.41, 5.74) is 0.996. The molecule has 0 saturated heterocycles. The Morgan fingerprint density at radius 1 is 1.50 bits per heavy atom. The smallest absolute Gasteiger partial charge is 0.149 e. The van der Waals surface area contributed by atoms with Crippen molar-refractivity contribution in [3.8, 4) is 5.75 Å². The van der Waals surface area contributed by atoms with Gasteiger partial charge in [0.2, 0.25) is 0 Å². The third kappa shape index (κ3) is 0.999. The Labute approximate surface area is 81.8 Å². The van der Waals surface area contributed by atoms with Gasteiger partial charge in [0, 0.05) is 19.0 Å². The SMILES string of the molecule is Oc1cc2n(c1)C1=C(CCCN1)OC2. The Morgan fingerprint density at radius 2 is 2.43 bits per heavy atom. The molecule has 0 saturated carbocycles. The quantitative estimate of drug-likeness (QED) is 0.650. The number of hydrogen-bond acceptors (Lipinski definition) is 3. The molecule has 0 bridgehead atoms. The van der Waals surface area contributed by atoms with Crippen molar-refractivity contribution in [1.29, 1.82) is 0 Å². The molecule has 1 aromatic heterocycles. The first-order valence-corrected chi connectivity index (χ1v) is 4.85. The average Bonchev–Trinajstić information content (AvgIpc) is 2.59. The number of nitrogens with one attached hydrogen (secondary N) is 1. The van der Waals surface area contributed by atoms with Crippen LogP contribution in [0.2, 0.25) is 0 Å². The molecule has 4 heteroatoms. The molecule has 3 heterocycles. The summed E-state index contributed by atoms with van der Waals surface area (Å²) < 4.78 is 7.59. The molecule has 14 heavy (non-hydrogen) atoms. The summed E-state index contributed by atoms with van der Waals surface area (Å²) in [5.74, 6) is 2.31. The van der Waals surface area contributed by atoms with Crippen molar-refractivity contribution in [3.05, 3.63) is 23.7 Å². The number of allylic oxidation sites excluding steroid dienone is 1. The number of aromatic nitrogens is 1. The van der Waals surface area contributed by atoms with Crippen LogP contribution in [-0.2, 0) is 11.3 Å². The molecule has 0 aliphatic carbocycles. The summed E-state index contributed by atoms with van der Waals surface area (Å²) >= 11 is 0. The maximum atomic E-state index is 9.39. The monoisotopic (exact) mass is 192 g/mol. The van der Waals surface area contributed by atoms with Crippen LogP contribution in [0.25, 0.3) is 5.82 Å². The zero-order valence-electron chi connectivity index (χ0n) is 7.79. The number of hydrogen-bond donors (Lipinski definition) is 2. The second-order valence-electron chi connectivity index (χ2n) is 3.65. The van der Waals surface area contributed by atoms with Crippen LogP contribution in [0, 0.1) is 0 Å². The van der Waals surface area contributed by atoms with Gasteiger partial charge in [-0.15, -0.1) is 0 Å². The Kier molecular flexibility index (Phi) is 1.50. The zero-order valence-corrected chi connectivity index (χ0v) is 7.79. The van der Waals surface area contributed by atoms with Crippen LogP contribution in [0.5, 0.6) is 5.75 Å². The van der Waals surface area contributed by atoms with Gasteiger partial charge in [-0.05, 0) is 6.42 Å². The van der Waals surface area contributed by atoms with Gasteiger partial charge in [-0.2, -0.15) is 0 Å². The standard InChI is InChI=1S/C10H12N2O2/c13-8-4-7-6-14-9-2-1-3-11-10(9)12(7)5-8/h4-5,11,13H,1-3,6H2. The van der Waals surface area contributed by atoms with E-state index >= 15 is 0 Å². The molecule has 2 N–H and O–H groups in total. The van der Waals surface area contributed by atoms with Crippen LogP contribution in [-0.4, -0.2) is 16.2 Å². The maximum Gasteiger partial charge on any atom is 0.149 e. The molecule has 0 amide bonds. The number of rotatable bonds is 0. The predicted octanol–water partition coefficient (Wildman–Crippen LogP) is 1.23. The van der Waals surface area contributed by atoms with E-state index in [4.69, 9.17) is 4.74 Å². The van der Waals surface area contributed by atoms with Gasteiger partial charge < -0.3 is 15.2 Å². The van der Waals surface area contributed by atoms with E-state index in [0.29, 0.717) is 12.4 Å². The lowest BCUT2D eigenvalue weighted by Crippen LogP contribution is -2.28. The third-order valence-corrected chi connectivity index (χ3v) is 2.66. The lowest BCUT2D eigenvalue weighted by molar-refractivity contribution is 0.167. The fraction of sp³-hybridized carbons (Fsp3) is 0.400. The molecule has 74 valence electrons. The molecule has 0 unspecified atom stereocenters. The van der Waals surface area contributed by atoms with Crippen LogP contribution in [0.15, 0.2) is 18.0 Å². The summed E-state index contributed by atoms with van der Waals surface area (Å²) in [6.45, 7) is 1.53. The van der Waals surface area contributed by atoms with Crippen molar-refractivity contribution < 1.29 is 9.84 Å². The first-order chi connectivity index (χ1) is 6.84. The number of ether oxygens (including phenoxy) is 1. The summed E-state index contributed by atoms with van der Waals surface area (Å²) in [4.78, 5) is 0. The fourth-order valence-electron chi connectivity index (χ4n) is 2.01. The Balaban J connectivity index is 2.12. The molecule has 0 spiro atoms. The number of fused-ring (bicyclic) bond motifs is 2. The molecule has 3 rings (SSSR count). The fourth-order valence-corrected chi connectivity index (χ4v) is 2.01. The third-order valence-electron chi connectivity index (χ3n) is 2.66. The van der Waals surface area contributed by atoms with Gasteiger partial charge in [0.15, 0.2) is 0 Å². The Morgan fingerprint density at radius 3 is 3.36 bits per heavy atom. The Bertz CT molecular complexity index is 406. The van der Waals surface area contributed by atoms with Crippen LogP contribution in [0.4, 0.5) is 0 Å². The molecule has 0 radical (unpaired) electrons. The highest BCUT2D eigenvalue weighted by molar-refractivity contribution is 5.52. The van der Waals surface area contributed by atoms with Crippen LogP contribution in [0.1, 0.15) is 18.5 Å². The molecule has 2 aliphatic heterocycles. The first-order valence-electron chi connectivity index (χ1n) is 4.85. The molecular weight excluding hydrogens is 180 g/mol. The van der Waals surface area contributed by atoms with Crippen molar-refractivity contribution in [2.24, 2.45) is 0 Å². The van der Waals surface area contributed by atoms with E-state index in [-0.39, 0.29) is 0 Å². The minimum absolute atomic E-state index is 0.296. The second kappa shape index (κ2) is 2.70. The first kappa shape index (κ1) is 7.79. The van der Waals surface area contributed by atoms with Gasteiger partial charge in [0.05, 0.1) is 11.9 Å². The zero-order chi connectivity index (χ0) is 9.54. The minimum Gasteiger partial charge on any atom is -0.506 e. The van der Waals surface area contributed by atoms with E-state index in [9.17, 15) is 5.11 Å². The molecule has 4 nitrogen and oxygen atoms in total. The topological polar surface area (TPSA) is 46.4 Å². The summed E-state index contributed by atoms with van der Waals surface area (Å²) in [6, 6.07) is 1.74. The second-order valence-corrected chi connectivity index (χ2v) is 3.65. The number of aromatic hydroxyl groups is 1. The van der Waals surface area contributed by atoms with E-state index in [1.165, 1.54) is 0 Å². The van der Waals surface area contributed by atoms with Gasteiger partial charge in [-0.3, -0.25) is 4.57 Å². The van der Waals surface area contributed by atoms with Crippen LogP contribution < -0.4 is 5.32 Å². The molecule has 0 fully saturated rings. The average molecular weight is 192 g/mol. The van der Waals surface area contributed by atoms with E-state index in [0.717, 1.165) is 36.7 Å². The summed E-state index contributed by atoms with van der Waals surface area (Å²) in [5, 5.41) is 12.7. The van der Waals surface area contributed by atoms with Gasteiger partial charge in [-0.1, -0.05) is 0 Å². The highest BCUT2D eigenvalue weighted by Gasteiger charge is 2.22. The molecule has 1 aromatic rings. The summed E-state index contributed by atoms with van der Waals surface area (Å²) in [7, 11) is 0. The summed E-state index contributed by atoms with van der Waals surface area (Å²) in [6.07, 6.45) is 3.83. The maximum absolute atomic E-state index is 9.39. The van der Waals surface area contributed by atoms with E-state index in [1.807, 2.05) is 4.57 Å². The Hall–Kier alpha value is -1.58. The largest absolute Gasteiger partial charge is 0.506 e. The number of nitrogens with zero attached hydrogens (tertiary/aromatic N) is 1.